The Morgan fingerprint density at radius 2 is 1.90 bits per heavy atom. The van der Waals surface area contributed by atoms with Gasteiger partial charge in [0, 0.05) is 0 Å². The van der Waals surface area contributed by atoms with E-state index in [0.717, 1.165) is 35.4 Å². The zero-order valence-electron chi connectivity index (χ0n) is 17.0. The van der Waals surface area contributed by atoms with Gasteiger partial charge in [0.2, 0.25) is 5.17 Å². The van der Waals surface area contributed by atoms with Crippen molar-refractivity contribution in [3.8, 4) is 5.75 Å². The standard InChI is InChI=1S/C23H21FN4O2S/c1-2-3-4-20-27-28-21(25)19(22(29)26-23(28)31-20)13-15-7-11-18(12-8-15)30-14-16-5-9-17(24)10-6-16/h5-13,25H,2-4,14H2,1H3/b19-13-,25-21?. The van der Waals surface area contributed by atoms with Gasteiger partial charge in [0.25, 0.3) is 5.91 Å². The van der Waals surface area contributed by atoms with Crippen LogP contribution in [0.2, 0.25) is 0 Å². The van der Waals surface area contributed by atoms with Crippen LogP contribution in [0.3, 0.4) is 0 Å². The molecule has 2 heterocycles. The molecule has 0 radical (unpaired) electrons. The summed E-state index contributed by atoms with van der Waals surface area (Å²) in [5.74, 6) is -0.0354. The summed E-state index contributed by atoms with van der Waals surface area (Å²) >= 11 is 1.36. The summed E-state index contributed by atoms with van der Waals surface area (Å²) < 4.78 is 18.7. The van der Waals surface area contributed by atoms with E-state index in [9.17, 15) is 9.18 Å². The van der Waals surface area contributed by atoms with Crippen molar-refractivity contribution in [3.05, 3.63) is 71.0 Å². The highest BCUT2D eigenvalue weighted by molar-refractivity contribution is 8.26. The summed E-state index contributed by atoms with van der Waals surface area (Å²) in [6.45, 7) is 2.43. The van der Waals surface area contributed by atoms with Crippen molar-refractivity contribution in [1.29, 1.82) is 5.41 Å². The number of amidine groups is 2. The van der Waals surface area contributed by atoms with Crippen LogP contribution in [0.4, 0.5) is 4.39 Å². The van der Waals surface area contributed by atoms with Crippen LogP contribution in [0, 0.1) is 11.2 Å². The van der Waals surface area contributed by atoms with Gasteiger partial charge >= 0.3 is 0 Å². The average Bonchev–Trinajstić information content (AvgIpc) is 3.18. The lowest BCUT2D eigenvalue weighted by Crippen LogP contribution is -2.35. The highest BCUT2D eigenvalue weighted by atomic mass is 32.2. The number of aliphatic imine (C=N–C) groups is 1. The van der Waals surface area contributed by atoms with Gasteiger partial charge in [-0.1, -0.05) is 37.6 Å². The number of amides is 1. The van der Waals surface area contributed by atoms with E-state index in [0.29, 0.717) is 17.5 Å². The van der Waals surface area contributed by atoms with Crippen LogP contribution >= 0.6 is 11.8 Å². The maximum Gasteiger partial charge on any atom is 0.283 e. The summed E-state index contributed by atoms with van der Waals surface area (Å²) in [4.78, 5) is 16.6. The Hall–Kier alpha value is -3.26. The Labute approximate surface area is 184 Å². The lowest BCUT2D eigenvalue weighted by Gasteiger charge is -2.20. The Morgan fingerprint density at radius 3 is 2.61 bits per heavy atom. The number of carbonyl (C=O) groups is 1. The molecule has 0 saturated carbocycles. The van der Waals surface area contributed by atoms with E-state index < -0.39 is 5.91 Å². The third kappa shape index (κ3) is 4.91. The molecule has 1 N–H and O–H groups in total. The number of halogens is 1. The smallest absolute Gasteiger partial charge is 0.283 e. The Morgan fingerprint density at radius 1 is 1.16 bits per heavy atom. The van der Waals surface area contributed by atoms with Gasteiger partial charge in [-0.15, -0.1) is 0 Å². The maximum absolute atomic E-state index is 13.0. The molecule has 158 valence electrons. The number of hydrazone groups is 1. The number of benzene rings is 2. The predicted octanol–water partition coefficient (Wildman–Crippen LogP) is 5.21. The van der Waals surface area contributed by atoms with Gasteiger partial charge in [-0.05, 0) is 66.1 Å². The van der Waals surface area contributed by atoms with Crippen molar-refractivity contribution >= 4 is 39.8 Å². The molecular formula is C23H21FN4O2S. The monoisotopic (exact) mass is 436 g/mol. The third-order valence-electron chi connectivity index (χ3n) is 4.75. The van der Waals surface area contributed by atoms with Gasteiger partial charge in [0.05, 0.1) is 5.57 Å². The number of carbonyl (C=O) groups excluding carboxylic acids is 1. The molecule has 0 fully saturated rings. The maximum atomic E-state index is 13.0. The summed E-state index contributed by atoms with van der Waals surface area (Å²) in [5, 5.41) is 15.6. The number of thioether (sulfide) groups is 1. The first-order chi connectivity index (χ1) is 15.0. The zero-order valence-corrected chi connectivity index (χ0v) is 17.8. The second-order valence-corrected chi connectivity index (χ2v) is 8.14. The highest BCUT2D eigenvalue weighted by Gasteiger charge is 2.35. The molecule has 2 aliphatic rings. The fourth-order valence-corrected chi connectivity index (χ4v) is 3.96. The molecule has 0 atom stereocenters. The van der Waals surface area contributed by atoms with E-state index in [1.807, 2.05) is 12.1 Å². The number of ether oxygens (including phenoxy) is 1. The number of fused-ring (bicyclic) bond motifs is 1. The molecule has 2 aromatic rings. The largest absolute Gasteiger partial charge is 0.489 e. The predicted molar refractivity (Wildman–Crippen MR) is 122 cm³/mol. The van der Waals surface area contributed by atoms with E-state index in [4.69, 9.17) is 10.1 Å². The van der Waals surface area contributed by atoms with Crippen LogP contribution in [0.15, 0.2) is 64.2 Å². The van der Waals surface area contributed by atoms with Crippen LogP contribution in [0.1, 0.15) is 37.3 Å². The van der Waals surface area contributed by atoms with Gasteiger partial charge in [-0.2, -0.15) is 15.1 Å². The molecule has 1 amide bonds. The minimum atomic E-state index is -0.438. The van der Waals surface area contributed by atoms with Crippen molar-refractivity contribution in [2.45, 2.75) is 32.8 Å². The van der Waals surface area contributed by atoms with Crippen molar-refractivity contribution < 1.29 is 13.9 Å². The Bertz CT molecular complexity index is 1090. The first-order valence-corrected chi connectivity index (χ1v) is 10.8. The van der Waals surface area contributed by atoms with E-state index in [-0.39, 0.29) is 17.2 Å². The molecule has 0 spiro atoms. The van der Waals surface area contributed by atoms with Crippen molar-refractivity contribution in [2.75, 3.05) is 0 Å². The fraction of sp³-hybridized carbons (Fsp3) is 0.217. The molecule has 2 aliphatic heterocycles. The van der Waals surface area contributed by atoms with Crippen molar-refractivity contribution in [2.24, 2.45) is 10.1 Å². The minimum absolute atomic E-state index is 0.0330. The average molecular weight is 437 g/mol. The number of hydrogen-bond acceptors (Lipinski definition) is 5. The van der Waals surface area contributed by atoms with Crippen LogP contribution in [-0.4, -0.2) is 27.0 Å². The van der Waals surface area contributed by atoms with E-state index in [1.165, 1.54) is 28.9 Å². The van der Waals surface area contributed by atoms with Gasteiger partial charge < -0.3 is 4.74 Å². The molecule has 0 bridgehead atoms. The van der Waals surface area contributed by atoms with Crippen molar-refractivity contribution in [1.82, 2.24) is 5.01 Å². The second kappa shape index (κ2) is 9.26. The van der Waals surface area contributed by atoms with Crippen LogP contribution in [0.5, 0.6) is 5.75 Å². The lowest BCUT2D eigenvalue weighted by molar-refractivity contribution is -0.114. The second-order valence-electron chi connectivity index (χ2n) is 7.10. The zero-order chi connectivity index (χ0) is 21.8. The molecule has 0 unspecified atom stereocenters. The molecule has 4 rings (SSSR count). The summed E-state index contributed by atoms with van der Waals surface area (Å²) in [5.41, 5.74) is 1.82. The molecule has 0 aliphatic carbocycles. The van der Waals surface area contributed by atoms with Crippen LogP contribution in [-0.2, 0) is 11.4 Å². The molecular weight excluding hydrogens is 415 g/mol. The number of nitrogens with one attached hydrogen (secondary N) is 1. The fourth-order valence-electron chi connectivity index (χ4n) is 3.04. The van der Waals surface area contributed by atoms with Crippen LogP contribution in [0.25, 0.3) is 6.08 Å². The SMILES string of the molecule is CCCCC1=NN2C(=N)/C(=C/c3ccc(OCc4ccc(F)cc4)cc3)C(=O)N=C2S1. The van der Waals surface area contributed by atoms with E-state index in [2.05, 4.69) is 17.0 Å². The Kier molecular flexibility index (Phi) is 6.27. The summed E-state index contributed by atoms with van der Waals surface area (Å²) in [6.07, 6.45) is 4.51. The van der Waals surface area contributed by atoms with E-state index in [1.54, 1.807) is 30.3 Å². The van der Waals surface area contributed by atoms with E-state index >= 15 is 0 Å². The van der Waals surface area contributed by atoms with Gasteiger partial charge in [-0.3, -0.25) is 10.2 Å². The number of hydrogen-bond donors (Lipinski definition) is 1. The minimum Gasteiger partial charge on any atom is -0.489 e. The first-order valence-electron chi connectivity index (χ1n) is 10.00. The van der Waals surface area contributed by atoms with Gasteiger partial charge in [0.15, 0.2) is 5.84 Å². The lowest BCUT2D eigenvalue weighted by atomic mass is 10.1. The summed E-state index contributed by atoms with van der Waals surface area (Å²) in [7, 11) is 0. The number of rotatable bonds is 7. The number of nitrogens with zero attached hydrogens (tertiary/aromatic N) is 3. The Balaban J connectivity index is 1.44. The van der Waals surface area contributed by atoms with Gasteiger partial charge in [-0.25, -0.2) is 4.39 Å². The third-order valence-corrected chi connectivity index (χ3v) is 5.72. The molecule has 0 aromatic heterocycles. The topological polar surface area (TPSA) is 78.1 Å². The normalized spacial score (nSPS) is 17.0. The van der Waals surface area contributed by atoms with Crippen molar-refractivity contribution in [3.63, 3.8) is 0 Å². The molecule has 6 nitrogen and oxygen atoms in total. The summed E-state index contributed by atoms with van der Waals surface area (Å²) in [6, 6.07) is 13.3. The molecule has 31 heavy (non-hydrogen) atoms. The highest BCUT2D eigenvalue weighted by Crippen LogP contribution is 2.30. The quantitative estimate of drug-likeness (QED) is 0.604. The van der Waals surface area contributed by atoms with Gasteiger partial charge in [0.1, 0.15) is 23.2 Å². The molecule has 0 saturated heterocycles. The molecule has 8 heteroatoms. The van der Waals surface area contributed by atoms with Crippen LogP contribution < -0.4 is 4.74 Å². The first kappa shape index (κ1) is 21.0. The molecule has 2 aromatic carbocycles. The number of unbranched alkanes of at least 4 members (excludes halogenated alkanes) is 1.